The first-order valence-electron chi connectivity index (χ1n) is 7.20. The first kappa shape index (κ1) is 13.2. The molecule has 0 radical (unpaired) electrons. The normalized spacial score (nSPS) is 17.2. The van der Waals surface area contributed by atoms with E-state index in [2.05, 4.69) is 40.8 Å². The van der Waals surface area contributed by atoms with Crippen molar-refractivity contribution in [1.29, 1.82) is 0 Å². The zero-order chi connectivity index (χ0) is 13.9. The van der Waals surface area contributed by atoms with E-state index < -0.39 is 0 Å². The molecule has 1 aliphatic rings. The quantitative estimate of drug-likeness (QED) is 0.908. The Morgan fingerprint density at radius 3 is 3.05 bits per heavy atom. The van der Waals surface area contributed by atoms with E-state index in [4.69, 9.17) is 4.74 Å². The lowest BCUT2D eigenvalue weighted by atomic mass is 10.1. The van der Waals surface area contributed by atoms with Crippen LogP contribution in [0.1, 0.15) is 31.1 Å². The summed E-state index contributed by atoms with van der Waals surface area (Å²) in [5.74, 6) is 1.03. The van der Waals surface area contributed by atoms with Crippen molar-refractivity contribution in [2.24, 2.45) is 0 Å². The summed E-state index contributed by atoms with van der Waals surface area (Å²) in [5.41, 5.74) is 2.53. The fourth-order valence-electron chi connectivity index (χ4n) is 2.66. The third-order valence-corrected chi connectivity index (χ3v) is 3.69. The van der Waals surface area contributed by atoms with Gasteiger partial charge in [-0.15, -0.1) is 0 Å². The van der Waals surface area contributed by atoms with Crippen LogP contribution >= 0.6 is 0 Å². The van der Waals surface area contributed by atoms with Crippen LogP contribution in [0.25, 0.3) is 0 Å². The summed E-state index contributed by atoms with van der Waals surface area (Å²) in [6.45, 7) is 6.02. The number of nitrogens with one attached hydrogen (secondary N) is 1. The van der Waals surface area contributed by atoms with Gasteiger partial charge in [-0.05, 0) is 25.5 Å². The third-order valence-electron chi connectivity index (χ3n) is 3.69. The van der Waals surface area contributed by atoms with Gasteiger partial charge in [-0.3, -0.25) is 0 Å². The van der Waals surface area contributed by atoms with Gasteiger partial charge in [-0.1, -0.05) is 18.2 Å². The minimum Gasteiger partial charge on any atom is -0.488 e. The lowest BCUT2D eigenvalue weighted by Gasteiger charge is -2.14. The van der Waals surface area contributed by atoms with E-state index in [1.54, 1.807) is 0 Å². The van der Waals surface area contributed by atoms with Gasteiger partial charge >= 0.3 is 0 Å². The number of aromatic nitrogens is 2. The minimum absolute atomic E-state index is 0.239. The molecule has 0 saturated carbocycles. The fourth-order valence-corrected chi connectivity index (χ4v) is 2.66. The number of hydrogen-bond donors (Lipinski definition) is 1. The van der Waals surface area contributed by atoms with Gasteiger partial charge in [0.2, 0.25) is 0 Å². The van der Waals surface area contributed by atoms with Crippen LogP contribution in [0.5, 0.6) is 5.75 Å². The SMILES string of the molecule is CC(C)n1cncc1CNCC1Cc2ccccc2O1. The number of hydrogen-bond acceptors (Lipinski definition) is 3. The molecule has 4 nitrogen and oxygen atoms in total. The van der Waals surface area contributed by atoms with Crippen LogP contribution in [0.2, 0.25) is 0 Å². The molecule has 4 heteroatoms. The molecule has 0 spiro atoms. The first-order valence-corrected chi connectivity index (χ1v) is 7.20. The molecule has 1 aromatic carbocycles. The van der Waals surface area contributed by atoms with Crippen molar-refractivity contribution in [3.8, 4) is 5.75 Å². The Kier molecular flexibility index (Phi) is 3.74. The number of imidazole rings is 1. The molecular formula is C16H21N3O. The van der Waals surface area contributed by atoms with Crippen molar-refractivity contribution in [3.63, 3.8) is 0 Å². The molecule has 2 heterocycles. The smallest absolute Gasteiger partial charge is 0.123 e. The molecular weight excluding hydrogens is 250 g/mol. The maximum absolute atomic E-state index is 5.92. The van der Waals surface area contributed by atoms with Crippen molar-refractivity contribution in [3.05, 3.63) is 48.0 Å². The van der Waals surface area contributed by atoms with E-state index in [-0.39, 0.29) is 6.10 Å². The predicted molar refractivity (Wildman–Crippen MR) is 78.9 cm³/mol. The molecule has 106 valence electrons. The molecule has 1 aliphatic heterocycles. The second-order valence-electron chi connectivity index (χ2n) is 5.57. The summed E-state index contributed by atoms with van der Waals surface area (Å²) in [5, 5.41) is 3.47. The van der Waals surface area contributed by atoms with Gasteiger partial charge < -0.3 is 14.6 Å². The molecule has 1 atom stereocenters. The fraction of sp³-hybridized carbons (Fsp3) is 0.438. The Morgan fingerprint density at radius 2 is 2.25 bits per heavy atom. The zero-order valence-electron chi connectivity index (χ0n) is 12.0. The number of benzene rings is 1. The lowest BCUT2D eigenvalue weighted by Crippen LogP contribution is -2.30. The average Bonchev–Trinajstić information content (AvgIpc) is 3.04. The van der Waals surface area contributed by atoms with Gasteiger partial charge in [-0.2, -0.15) is 0 Å². The van der Waals surface area contributed by atoms with Crippen LogP contribution in [0, 0.1) is 0 Å². The van der Waals surface area contributed by atoms with Crippen molar-refractivity contribution >= 4 is 0 Å². The number of fused-ring (bicyclic) bond motifs is 1. The van der Waals surface area contributed by atoms with E-state index >= 15 is 0 Å². The van der Waals surface area contributed by atoms with Crippen LogP contribution < -0.4 is 10.1 Å². The summed E-state index contributed by atoms with van der Waals surface area (Å²) >= 11 is 0. The van der Waals surface area contributed by atoms with E-state index in [1.165, 1.54) is 11.3 Å². The van der Waals surface area contributed by atoms with E-state index in [9.17, 15) is 0 Å². The van der Waals surface area contributed by atoms with Crippen molar-refractivity contribution < 1.29 is 4.74 Å². The van der Waals surface area contributed by atoms with Gasteiger partial charge in [0.1, 0.15) is 11.9 Å². The highest BCUT2D eigenvalue weighted by Gasteiger charge is 2.21. The van der Waals surface area contributed by atoms with Gasteiger partial charge in [0.05, 0.1) is 12.0 Å². The molecule has 20 heavy (non-hydrogen) atoms. The van der Waals surface area contributed by atoms with Crippen LogP contribution in [0.3, 0.4) is 0 Å². The highest BCUT2D eigenvalue weighted by molar-refractivity contribution is 5.37. The first-order chi connectivity index (χ1) is 9.74. The molecule has 0 amide bonds. The maximum Gasteiger partial charge on any atom is 0.123 e. The Labute approximate surface area is 119 Å². The second-order valence-corrected chi connectivity index (χ2v) is 5.57. The number of rotatable bonds is 5. The molecule has 1 aromatic heterocycles. The highest BCUT2D eigenvalue weighted by Crippen LogP contribution is 2.27. The van der Waals surface area contributed by atoms with Crippen LogP contribution in [0.15, 0.2) is 36.8 Å². The monoisotopic (exact) mass is 271 g/mol. The summed E-state index contributed by atoms with van der Waals surface area (Å²) in [4.78, 5) is 4.22. The Balaban J connectivity index is 1.51. The average molecular weight is 271 g/mol. The molecule has 2 aromatic rings. The van der Waals surface area contributed by atoms with Crippen molar-refractivity contribution in [1.82, 2.24) is 14.9 Å². The van der Waals surface area contributed by atoms with Crippen molar-refractivity contribution in [2.75, 3.05) is 6.54 Å². The number of para-hydroxylation sites is 1. The summed E-state index contributed by atoms with van der Waals surface area (Å²) in [6.07, 6.45) is 5.05. The Bertz CT molecular complexity index is 552. The van der Waals surface area contributed by atoms with Crippen LogP contribution in [-0.4, -0.2) is 22.2 Å². The minimum atomic E-state index is 0.239. The van der Waals surface area contributed by atoms with Crippen LogP contribution in [-0.2, 0) is 13.0 Å². The van der Waals surface area contributed by atoms with Crippen LogP contribution in [0.4, 0.5) is 0 Å². The number of ether oxygens (including phenoxy) is 1. The van der Waals surface area contributed by atoms with E-state index in [1.807, 2.05) is 24.7 Å². The van der Waals surface area contributed by atoms with E-state index in [0.717, 1.165) is 25.3 Å². The summed E-state index contributed by atoms with van der Waals surface area (Å²) in [6, 6.07) is 8.72. The molecule has 1 N–H and O–H groups in total. The Morgan fingerprint density at radius 1 is 1.40 bits per heavy atom. The predicted octanol–water partition coefficient (Wildman–Crippen LogP) is 2.56. The van der Waals surface area contributed by atoms with Crippen molar-refractivity contribution in [2.45, 2.75) is 39.0 Å². The lowest BCUT2D eigenvalue weighted by molar-refractivity contribution is 0.227. The largest absolute Gasteiger partial charge is 0.488 e. The van der Waals surface area contributed by atoms with Gasteiger partial charge in [0.15, 0.2) is 0 Å². The van der Waals surface area contributed by atoms with Gasteiger partial charge in [0.25, 0.3) is 0 Å². The molecule has 0 saturated heterocycles. The summed E-state index contributed by atoms with van der Waals surface area (Å²) < 4.78 is 8.11. The van der Waals surface area contributed by atoms with E-state index in [0.29, 0.717) is 6.04 Å². The highest BCUT2D eigenvalue weighted by atomic mass is 16.5. The number of nitrogens with zero attached hydrogens (tertiary/aromatic N) is 2. The topological polar surface area (TPSA) is 39.1 Å². The van der Waals surface area contributed by atoms with Gasteiger partial charge in [-0.25, -0.2) is 4.98 Å². The zero-order valence-corrected chi connectivity index (χ0v) is 12.0. The molecule has 1 unspecified atom stereocenters. The van der Waals surface area contributed by atoms with Gasteiger partial charge in [0, 0.05) is 31.7 Å². The molecule has 3 rings (SSSR count). The second kappa shape index (κ2) is 5.67. The molecule has 0 aliphatic carbocycles. The Hall–Kier alpha value is -1.81. The standard InChI is InChI=1S/C16H21N3O/c1-12(2)19-11-18-9-14(19)8-17-10-15-7-13-5-3-4-6-16(13)20-15/h3-6,9,11-12,15,17H,7-8,10H2,1-2H3. The molecule has 0 bridgehead atoms. The molecule has 0 fully saturated rings. The summed E-state index contributed by atoms with van der Waals surface area (Å²) in [7, 11) is 0. The third kappa shape index (κ3) is 2.70. The maximum atomic E-state index is 5.92.